The van der Waals surface area contributed by atoms with Crippen LogP contribution in [0.25, 0.3) is 0 Å². The maximum Gasteiger partial charge on any atom is 0.273 e. The van der Waals surface area contributed by atoms with Gasteiger partial charge in [0.1, 0.15) is 5.75 Å². The summed E-state index contributed by atoms with van der Waals surface area (Å²) in [5.41, 5.74) is -0.0430. The molecular formula is C14H14NO4PS. The van der Waals surface area contributed by atoms with E-state index in [1.165, 1.54) is 12.1 Å². The molecule has 0 aromatic heterocycles. The molecule has 110 valence electrons. The minimum Gasteiger partial charge on any atom is -0.440 e. The molecule has 0 saturated heterocycles. The molecule has 1 atom stereocenters. The fourth-order valence-electron chi connectivity index (χ4n) is 1.73. The van der Waals surface area contributed by atoms with Crippen molar-refractivity contribution in [2.24, 2.45) is 0 Å². The molecule has 5 nitrogen and oxygen atoms in total. The van der Waals surface area contributed by atoms with E-state index in [0.29, 0.717) is 12.4 Å². The summed E-state index contributed by atoms with van der Waals surface area (Å²) in [7, 11) is 0. The van der Waals surface area contributed by atoms with Crippen LogP contribution in [0.15, 0.2) is 54.6 Å². The molecule has 0 amide bonds. The molecule has 7 heteroatoms. The molecule has 0 radical (unpaired) electrons. The van der Waals surface area contributed by atoms with Crippen LogP contribution in [-0.4, -0.2) is 11.5 Å². The number of nitrogens with zero attached hydrogens (tertiary/aromatic N) is 1. The van der Waals surface area contributed by atoms with E-state index in [-0.39, 0.29) is 5.69 Å². The van der Waals surface area contributed by atoms with Crippen molar-refractivity contribution in [2.45, 2.75) is 6.92 Å². The number of benzene rings is 2. The molecule has 21 heavy (non-hydrogen) atoms. The van der Waals surface area contributed by atoms with Crippen LogP contribution in [0.4, 0.5) is 5.69 Å². The van der Waals surface area contributed by atoms with Crippen molar-refractivity contribution in [3.05, 3.63) is 64.7 Å². The van der Waals surface area contributed by atoms with E-state index in [9.17, 15) is 10.1 Å². The molecule has 0 spiro atoms. The maximum absolute atomic E-state index is 10.8. The smallest absolute Gasteiger partial charge is 0.273 e. The lowest BCUT2D eigenvalue weighted by molar-refractivity contribution is -0.384. The van der Waals surface area contributed by atoms with Gasteiger partial charge in [-0.05, 0) is 36.9 Å². The van der Waals surface area contributed by atoms with Crippen LogP contribution >= 0.6 is 6.49 Å². The summed E-state index contributed by atoms with van der Waals surface area (Å²) >= 11 is 5.56. The molecular weight excluding hydrogens is 309 g/mol. The number of hydrogen-bond acceptors (Lipinski definition) is 5. The van der Waals surface area contributed by atoms with Crippen LogP contribution < -0.4 is 9.83 Å². The third-order valence-corrected chi connectivity index (χ3v) is 5.78. The van der Waals surface area contributed by atoms with Crippen LogP contribution in [0.3, 0.4) is 0 Å². The van der Waals surface area contributed by atoms with Gasteiger partial charge in [0, 0.05) is 11.4 Å². The highest BCUT2D eigenvalue weighted by atomic mass is 32.5. The predicted octanol–water partition coefficient (Wildman–Crippen LogP) is 3.65. The first-order chi connectivity index (χ1) is 10.0. The maximum atomic E-state index is 10.8. The predicted molar refractivity (Wildman–Crippen MR) is 85.7 cm³/mol. The lowest BCUT2D eigenvalue weighted by Crippen LogP contribution is -2.12. The van der Waals surface area contributed by atoms with Gasteiger partial charge in [0.25, 0.3) is 12.2 Å². The Kier molecular flexibility index (Phi) is 5.07. The molecule has 0 saturated carbocycles. The average molecular weight is 323 g/mol. The summed E-state index contributed by atoms with van der Waals surface area (Å²) in [6, 6.07) is 15.2. The second-order valence-corrected chi connectivity index (χ2v) is 7.49. The van der Waals surface area contributed by atoms with E-state index in [2.05, 4.69) is 0 Å². The van der Waals surface area contributed by atoms with E-state index in [4.69, 9.17) is 20.9 Å². The Balaban J connectivity index is 2.35. The van der Waals surface area contributed by atoms with Crippen LogP contribution in [0.1, 0.15) is 6.92 Å². The van der Waals surface area contributed by atoms with E-state index in [0.717, 1.165) is 5.30 Å². The van der Waals surface area contributed by atoms with Gasteiger partial charge in [0.2, 0.25) is 0 Å². The Morgan fingerprint density at radius 1 is 1.19 bits per heavy atom. The minimum absolute atomic E-state index is 0.0430. The summed E-state index contributed by atoms with van der Waals surface area (Å²) in [6.45, 7) is -0.495. The first-order valence-corrected chi connectivity index (χ1v) is 8.93. The Bertz CT molecular complexity index is 678. The molecule has 0 bridgehead atoms. The summed E-state index contributed by atoms with van der Waals surface area (Å²) in [5.74, 6) is 0.338. The zero-order chi connectivity index (χ0) is 15.3. The van der Waals surface area contributed by atoms with Crippen molar-refractivity contribution in [1.82, 2.24) is 0 Å². The van der Waals surface area contributed by atoms with Gasteiger partial charge in [-0.2, -0.15) is 0 Å². The number of nitro benzene ring substituents is 1. The summed E-state index contributed by atoms with van der Waals surface area (Å²) in [4.78, 5) is 10.3. The minimum atomic E-state index is -2.73. The zero-order valence-electron chi connectivity index (χ0n) is 11.3. The van der Waals surface area contributed by atoms with Gasteiger partial charge < -0.3 is 9.05 Å². The summed E-state index contributed by atoms with van der Waals surface area (Å²) < 4.78 is 11.5. The number of hydrogen-bond donors (Lipinski definition) is 0. The molecule has 0 aliphatic heterocycles. The number of rotatable bonds is 6. The van der Waals surface area contributed by atoms with E-state index >= 15 is 0 Å². The highest BCUT2D eigenvalue weighted by molar-refractivity contribution is 8.13. The second kappa shape index (κ2) is 6.80. The van der Waals surface area contributed by atoms with Crippen molar-refractivity contribution >= 4 is 29.3 Å². The molecule has 0 N–H and O–H groups in total. The standard InChI is InChI=1S/C14H14NO4PS/c1-2-18-20(21,14-9-4-3-5-10-14)19-13-8-6-7-12(11-13)15(16)17/h3-11H,2H2,1H3. The normalized spacial score (nSPS) is 13.4. The number of nitro groups is 1. The van der Waals surface area contributed by atoms with Crippen LogP contribution in [0, 0.1) is 10.1 Å². The van der Waals surface area contributed by atoms with Gasteiger partial charge in [0.15, 0.2) is 0 Å². The highest BCUT2D eigenvalue weighted by Gasteiger charge is 2.23. The van der Waals surface area contributed by atoms with E-state index < -0.39 is 11.4 Å². The van der Waals surface area contributed by atoms with Gasteiger partial charge in [-0.1, -0.05) is 24.3 Å². The summed E-state index contributed by atoms with van der Waals surface area (Å²) in [5, 5.41) is 11.6. The van der Waals surface area contributed by atoms with Crippen molar-refractivity contribution in [1.29, 1.82) is 0 Å². The Morgan fingerprint density at radius 2 is 1.90 bits per heavy atom. The Labute approximate surface area is 127 Å². The first kappa shape index (κ1) is 15.6. The zero-order valence-corrected chi connectivity index (χ0v) is 13.0. The van der Waals surface area contributed by atoms with Gasteiger partial charge >= 0.3 is 0 Å². The molecule has 2 aromatic rings. The molecule has 2 rings (SSSR count). The molecule has 0 aliphatic rings. The van der Waals surface area contributed by atoms with Gasteiger partial charge in [0.05, 0.1) is 17.6 Å². The second-order valence-electron chi connectivity index (χ2n) is 4.10. The summed E-state index contributed by atoms with van der Waals surface area (Å²) in [6.07, 6.45) is 0. The highest BCUT2D eigenvalue weighted by Crippen LogP contribution is 2.47. The van der Waals surface area contributed by atoms with E-state index in [1.54, 1.807) is 12.1 Å². The number of non-ortho nitro benzene ring substituents is 1. The van der Waals surface area contributed by atoms with Gasteiger partial charge in [-0.15, -0.1) is 0 Å². The monoisotopic (exact) mass is 323 g/mol. The lowest BCUT2D eigenvalue weighted by Gasteiger charge is -2.22. The lowest BCUT2D eigenvalue weighted by atomic mass is 10.3. The largest absolute Gasteiger partial charge is 0.440 e. The van der Waals surface area contributed by atoms with E-state index in [1.807, 2.05) is 37.3 Å². The quantitative estimate of drug-likeness (QED) is 0.461. The first-order valence-electron chi connectivity index (χ1n) is 6.29. The van der Waals surface area contributed by atoms with Gasteiger partial charge in [-0.3, -0.25) is 10.1 Å². The van der Waals surface area contributed by atoms with Crippen molar-refractivity contribution in [2.75, 3.05) is 6.61 Å². The van der Waals surface area contributed by atoms with Gasteiger partial charge in [-0.25, -0.2) is 0 Å². The fourth-order valence-corrected chi connectivity index (χ4v) is 4.24. The molecule has 1 unspecified atom stereocenters. The van der Waals surface area contributed by atoms with Crippen LogP contribution in [-0.2, 0) is 16.3 Å². The van der Waals surface area contributed by atoms with Crippen LogP contribution in [0.2, 0.25) is 0 Å². The van der Waals surface area contributed by atoms with Crippen molar-refractivity contribution in [3.63, 3.8) is 0 Å². The van der Waals surface area contributed by atoms with Crippen LogP contribution in [0.5, 0.6) is 5.75 Å². The third-order valence-electron chi connectivity index (χ3n) is 2.63. The average Bonchev–Trinajstić information content (AvgIpc) is 2.48. The van der Waals surface area contributed by atoms with Crippen molar-refractivity contribution < 1.29 is 14.0 Å². The van der Waals surface area contributed by atoms with Crippen molar-refractivity contribution in [3.8, 4) is 5.75 Å². The molecule has 0 heterocycles. The molecule has 0 aliphatic carbocycles. The molecule has 2 aromatic carbocycles. The third kappa shape index (κ3) is 3.88. The Morgan fingerprint density at radius 3 is 2.52 bits per heavy atom. The fraction of sp³-hybridized carbons (Fsp3) is 0.143. The molecule has 0 fully saturated rings. The Hall–Kier alpha value is -1.75. The topological polar surface area (TPSA) is 61.6 Å². The SMILES string of the molecule is CCOP(=S)(Oc1cccc([N+](=O)[O-])c1)c1ccccc1.